The minimum atomic E-state index is -0.896. The summed E-state index contributed by atoms with van der Waals surface area (Å²) in [5.74, 6) is -1.06. The molecule has 1 heterocycles. The van der Waals surface area contributed by atoms with Gasteiger partial charge >= 0.3 is 0 Å². The molecule has 2 aromatic rings. The second-order valence-corrected chi connectivity index (χ2v) is 7.30. The number of carbonyl (C=O) groups is 2. The Morgan fingerprint density at radius 1 is 1.19 bits per heavy atom. The maximum atomic E-state index is 13.0. The Morgan fingerprint density at radius 2 is 1.91 bits per heavy atom. The fourth-order valence-corrected chi connectivity index (χ4v) is 3.20. The van der Waals surface area contributed by atoms with Gasteiger partial charge in [-0.05, 0) is 24.1 Å². The van der Waals surface area contributed by atoms with Gasteiger partial charge in [0.15, 0.2) is 6.10 Å². The zero-order valence-corrected chi connectivity index (χ0v) is 17.4. The predicted molar refractivity (Wildman–Crippen MR) is 113 cm³/mol. The fraction of sp³-hybridized carbons (Fsp3) is 0.300. The number of hydrogen-bond acceptors (Lipinski definition) is 8. The minimum absolute atomic E-state index is 0.0699. The molecule has 12 heteroatoms. The van der Waals surface area contributed by atoms with Crippen molar-refractivity contribution in [2.24, 2.45) is 5.92 Å². The van der Waals surface area contributed by atoms with Gasteiger partial charge in [0.25, 0.3) is 17.3 Å². The van der Waals surface area contributed by atoms with Crippen molar-refractivity contribution in [3.63, 3.8) is 0 Å². The first-order chi connectivity index (χ1) is 15.1. The normalized spacial score (nSPS) is 15.1. The van der Waals surface area contributed by atoms with Gasteiger partial charge in [0.2, 0.25) is 5.91 Å². The van der Waals surface area contributed by atoms with Gasteiger partial charge in [-0.25, -0.2) is 0 Å². The summed E-state index contributed by atoms with van der Waals surface area (Å²) in [6.45, 7) is 3.00. The Morgan fingerprint density at radius 3 is 2.50 bits per heavy atom. The lowest BCUT2D eigenvalue weighted by molar-refractivity contribution is -0.384. The van der Waals surface area contributed by atoms with Crippen molar-refractivity contribution in [3.8, 4) is 11.5 Å². The van der Waals surface area contributed by atoms with E-state index in [0.717, 1.165) is 17.0 Å². The number of carbonyl (C=O) groups excluding carboxylic acids is 2. The smallest absolute Gasteiger partial charge is 0.296 e. The highest BCUT2D eigenvalue weighted by molar-refractivity contribution is 6.07. The van der Waals surface area contributed by atoms with Crippen molar-refractivity contribution in [1.29, 1.82) is 0 Å². The van der Waals surface area contributed by atoms with Gasteiger partial charge in [-0.3, -0.25) is 34.7 Å². The number of hydrogen-bond donors (Lipinski definition) is 1. The van der Waals surface area contributed by atoms with E-state index >= 15 is 0 Å². The summed E-state index contributed by atoms with van der Waals surface area (Å²) in [6, 6.07) is 7.66. The molecule has 2 amide bonds. The molecule has 0 saturated heterocycles. The monoisotopic (exact) mass is 444 g/mol. The zero-order chi connectivity index (χ0) is 23.6. The van der Waals surface area contributed by atoms with Crippen molar-refractivity contribution in [2.45, 2.75) is 20.0 Å². The van der Waals surface area contributed by atoms with Crippen molar-refractivity contribution < 1.29 is 28.9 Å². The molecule has 0 bridgehead atoms. The zero-order valence-electron chi connectivity index (χ0n) is 17.4. The third-order valence-corrected chi connectivity index (χ3v) is 4.79. The summed E-state index contributed by atoms with van der Waals surface area (Å²) in [5, 5.41) is 24.9. The Hall–Kier alpha value is -4.22. The third kappa shape index (κ3) is 4.43. The average molecular weight is 444 g/mol. The van der Waals surface area contributed by atoms with Gasteiger partial charge < -0.3 is 14.8 Å². The third-order valence-electron chi connectivity index (χ3n) is 4.79. The number of non-ortho nitro benzene ring substituents is 1. The largest absolute Gasteiger partial charge is 0.496 e. The van der Waals surface area contributed by atoms with Crippen LogP contribution in [-0.2, 0) is 9.59 Å². The number of rotatable bonds is 7. The number of nitrogens with one attached hydrogen (secondary N) is 1. The summed E-state index contributed by atoms with van der Waals surface area (Å²) in [4.78, 5) is 48.0. The van der Waals surface area contributed by atoms with E-state index in [1.54, 1.807) is 13.8 Å². The van der Waals surface area contributed by atoms with Gasteiger partial charge in [-0.15, -0.1) is 0 Å². The van der Waals surface area contributed by atoms with Crippen LogP contribution in [0.15, 0.2) is 36.4 Å². The summed E-state index contributed by atoms with van der Waals surface area (Å²) < 4.78 is 10.7. The maximum absolute atomic E-state index is 13.0. The molecular formula is C20H20N4O8. The van der Waals surface area contributed by atoms with E-state index in [-0.39, 0.29) is 40.2 Å². The van der Waals surface area contributed by atoms with Crippen LogP contribution < -0.4 is 19.7 Å². The number of nitro groups is 2. The molecule has 0 aromatic heterocycles. The number of fused-ring (bicyclic) bond motifs is 1. The van der Waals surface area contributed by atoms with Crippen molar-refractivity contribution >= 4 is 34.6 Å². The summed E-state index contributed by atoms with van der Waals surface area (Å²) in [6.07, 6.45) is -0.896. The minimum Gasteiger partial charge on any atom is -0.496 e. The summed E-state index contributed by atoms with van der Waals surface area (Å²) in [5.41, 5.74) is -0.678. The van der Waals surface area contributed by atoms with Crippen LogP contribution in [0.5, 0.6) is 11.5 Å². The number of nitro benzene ring substituents is 2. The Bertz CT molecular complexity index is 1100. The number of amides is 2. The molecule has 0 aliphatic carbocycles. The lowest BCUT2D eigenvalue weighted by Crippen LogP contribution is -2.50. The van der Waals surface area contributed by atoms with Crippen LogP contribution >= 0.6 is 0 Å². The highest BCUT2D eigenvalue weighted by Crippen LogP contribution is 2.38. The van der Waals surface area contributed by atoms with E-state index in [4.69, 9.17) is 9.47 Å². The summed E-state index contributed by atoms with van der Waals surface area (Å²) in [7, 11) is 1.35. The maximum Gasteiger partial charge on any atom is 0.296 e. The topological polar surface area (TPSA) is 154 Å². The van der Waals surface area contributed by atoms with Gasteiger partial charge in [0.1, 0.15) is 23.7 Å². The molecule has 3 rings (SSSR count). The van der Waals surface area contributed by atoms with Crippen molar-refractivity contribution in [3.05, 3.63) is 56.6 Å². The Labute approximate surface area is 182 Å². The number of anilines is 2. The second-order valence-electron chi connectivity index (χ2n) is 7.30. The first-order valence-corrected chi connectivity index (χ1v) is 9.51. The van der Waals surface area contributed by atoms with Crippen LogP contribution in [-0.4, -0.2) is 41.4 Å². The van der Waals surface area contributed by atoms with Crippen LogP contribution in [0.4, 0.5) is 22.7 Å². The van der Waals surface area contributed by atoms with Gasteiger partial charge in [-0.2, -0.15) is 0 Å². The predicted octanol–water partition coefficient (Wildman–Crippen LogP) is 2.90. The quantitative estimate of drug-likeness (QED) is 0.505. The van der Waals surface area contributed by atoms with Crippen LogP contribution in [0, 0.1) is 26.1 Å². The van der Waals surface area contributed by atoms with Gasteiger partial charge in [0, 0.05) is 12.1 Å². The van der Waals surface area contributed by atoms with E-state index in [0.29, 0.717) is 0 Å². The van der Waals surface area contributed by atoms with Crippen molar-refractivity contribution in [1.82, 2.24) is 0 Å². The SMILES string of the molecule is COc1ccc(NC(=O)CN2C(=O)C(C(C)C)Oc3ccc([N+](=O)[O-])cc32)c([N+](=O)[O-])c1. The fourth-order valence-electron chi connectivity index (χ4n) is 3.20. The number of methoxy groups -OCH3 is 1. The summed E-state index contributed by atoms with van der Waals surface area (Å²) >= 11 is 0. The molecule has 0 fully saturated rings. The van der Waals surface area contributed by atoms with E-state index in [1.807, 2.05) is 0 Å². The Kier molecular flexibility index (Phi) is 6.23. The van der Waals surface area contributed by atoms with Crippen LogP contribution in [0.1, 0.15) is 13.8 Å². The molecule has 168 valence electrons. The van der Waals surface area contributed by atoms with E-state index in [1.165, 1.54) is 31.4 Å². The molecule has 1 aliphatic heterocycles. The standard InChI is InChI=1S/C20H20N4O8/c1-11(2)19-20(26)22(16-8-12(23(27)28)4-7-17(16)32-19)10-18(25)21-14-6-5-13(31-3)9-15(14)24(29)30/h4-9,11,19H,10H2,1-3H3,(H,21,25). The molecule has 1 N–H and O–H groups in total. The molecular weight excluding hydrogens is 424 g/mol. The van der Waals surface area contributed by atoms with E-state index in [2.05, 4.69) is 5.32 Å². The first-order valence-electron chi connectivity index (χ1n) is 9.51. The first kappa shape index (κ1) is 22.5. The molecule has 0 saturated carbocycles. The molecule has 2 aromatic carbocycles. The van der Waals surface area contributed by atoms with Crippen LogP contribution in [0.2, 0.25) is 0 Å². The molecule has 32 heavy (non-hydrogen) atoms. The molecule has 1 aliphatic rings. The van der Waals surface area contributed by atoms with E-state index < -0.39 is 34.3 Å². The highest BCUT2D eigenvalue weighted by atomic mass is 16.6. The molecule has 0 radical (unpaired) electrons. The number of nitrogens with zero attached hydrogens (tertiary/aromatic N) is 3. The number of ether oxygens (including phenoxy) is 2. The Balaban J connectivity index is 1.92. The van der Waals surface area contributed by atoms with Crippen LogP contribution in [0.3, 0.4) is 0 Å². The molecule has 1 atom stereocenters. The van der Waals surface area contributed by atoms with Gasteiger partial charge in [0.05, 0.1) is 28.7 Å². The van der Waals surface area contributed by atoms with E-state index in [9.17, 15) is 29.8 Å². The molecule has 1 unspecified atom stereocenters. The molecule has 0 spiro atoms. The van der Waals surface area contributed by atoms with Gasteiger partial charge in [-0.1, -0.05) is 13.8 Å². The van der Waals surface area contributed by atoms with Crippen molar-refractivity contribution in [2.75, 3.05) is 23.9 Å². The lowest BCUT2D eigenvalue weighted by atomic mass is 10.0. The highest BCUT2D eigenvalue weighted by Gasteiger charge is 2.38. The second kappa shape index (κ2) is 8.88. The molecule has 12 nitrogen and oxygen atoms in total. The average Bonchev–Trinajstić information content (AvgIpc) is 2.74. The number of benzene rings is 2. The lowest BCUT2D eigenvalue weighted by Gasteiger charge is -2.35. The van der Waals surface area contributed by atoms with Crippen LogP contribution in [0.25, 0.3) is 0 Å².